The van der Waals surface area contributed by atoms with Crippen LogP contribution in [0, 0.1) is 0 Å². The third-order valence-corrected chi connectivity index (χ3v) is 2.38. The number of rotatable bonds is 1. The fraction of sp³-hybridized carbons (Fsp3) is 0.400. The van der Waals surface area contributed by atoms with Crippen molar-refractivity contribution in [2.45, 2.75) is 19.0 Å². The van der Waals surface area contributed by atoms with Gasteiger partial charge in [0.1, 0.15) is 12.4 Å². The van der Waals surface area contributed by atoms with Gasteiger partial charge < -0.3 is 16.2 Å². The second-order valence-corrected chi connectivity index (χ2v) is 3.50. The van der Waals surface area contributed by atoms with Crippen LogP contribution in [0.2, 0.25) is 0 Å². The minimum atomic E-state index is 0.00806. The minimum Gasteiger partial charge on any atom is -0.491 e. The third kappa shape index (κ3) is 1.41. The molecule has 2 unspecified atom stereocenters. The zero-order valence-electron chi connectivity index (χ0n) is 7.66. The van der Waals surface area contributed by atoms with Crippen molar-refractivity contribution in [3.8, 4) is 5.75 Å². The maximum absolute atomic E-state index is 5.85. The number of hydrogen-bond acceptors (Lipinski definition) is 3. The van der Waals surface area contributed by atoms with Crippen molar-refractivity contribution < 1.29 is 4.74 Å². The molecular weight excluding hydrogens is 164 g/mol. The Morgan fingerprint density at radius 3 is 3.00 bits per heavy atom. The molecule has 0 fully saturated rings. The standard InChI is InChI=1S/C10H14N2O/c1-6(11)7-2-3-10-8(4-7)9(12)5-13-10/h2-4,6,9H,5,11-12H2,1H3. The van der Waals surface area contributed by atoms with Gasteiger partial charge in [-0.05, 0) is 24.6 Å². The molecule has 1 aliphatic heterocycles. The lowest BCUT2D eigenvalue weighted by molar-refractivity contribution is 0.333. The summed E-state index contributed by atoms with van der Waals surface area (Å²) in [5.41, 5.74) is 13.8. The molecule has 1 aliphatic rings. The molecule has 0 saturated carbocycles. The molecule has 2 atom stereocenters. The van der Waals surface area contributed by atoms with Gasteiger partial charge in [-0.1, -0.05) is 6.07 Å². The highest BCUT2D eigenvalue weighted by Crippen LogP contribution is 2.32. The Hall–Kier alpha value is -1.06. The van der Waals surface area contributed by atoms with E-state index >= 15 is 0 Å². The van der Waals surface area contributed by atoms with E-state index in [0.29, 0.717) is 6.61 Å². The Morgan fingerprint density at radius 2 is 2.31 bits per heavy atom. The molecule has 13 heavy (non-hydrogen) atoms. The second-order valence-electron chi connectivity index (χ2n) is 3.50. The van der Waals surface area contributed by atoms with E-state index in [-0.39, 0.29) is 12.1 Å². The third-order valence-electron chi connectivity index (χ3n) is 2.38. The SMILES string of the molecule is CC(N)c1ccc2c(c1)C(N)CO2. The van der Waals surface area contributed by atoms with Crippen molar-refractivity contribution in [1.82, 2.24) is 0 Å². The summed E-state index contributed by atoms with van der Waals surface area (Å²) in [4.78, 5) is 0. The molecule has 1 aromatic carbocycles. The van der Waals surface area contributed by atoms with Crippen LogP contribution in [0.15, 0.2) is 18.2 Å². The number of benzene rings is 1. The van der Waals surface area contributed by atoms with E-state index in [1.807, 2.05) is 25.1 Å². The van der Waals surface area contributed by atoms with E-state index in [1.165, 1.54) is 0 Å². The van der Waals surface area contributed by atoms with Gasteiger partial charge in [0.15, 0.2) is 0 Å². The smallest absolute Gasteiger partial charge is 0.124 e. The number of ether oxygens (including phenoxy) is 1. The normalized spacial score (nSPS) is 22.2. The Balaban J connectivity index is 2.42. The molecule has 0 aliphatic carbocycles. The molecule has 4 N–H and O–H groups in total. The first-order valence-corrected chi connectivity index (χ1v) is 4.46. The minimum absolute atomic E-state index is 0.00806. The zero-order valence-corrected chi connectivity index (χ0v) is 7.66. The van der Waals surface area contributed by atoms with Crippen LogP contribution in [0.25, 0.3) is 0 Å². The Morgan fingerprint density at radius 1 is 1.54 bits per heavy atom. The molecule has 0 spiro atoms. The van der Waals surface area contributed by atoms with Gasteiger partial charge in [0.2, 0.25) is 0 Å². The summed E-state index contributed by atoms with van der Waals surface area (Å²) in [6.45, 7) is 2.54. The van der Waals surface area contributed by atoms with Gasteiger partial charge in [0, 0.05) is 11.6 Å². The summed E-state index contributed by atoms with van der Waals surface area (Å²) < 4.78 is 5.38. The van der Waals surface area contributed by atoms with E-state index in [9.17, 15) is 0 Å². The van der Waals surface area contributed by atoms with Crippen LogP contribution >= 0.6 is 0 Å². The quantitative estimate of drug-likeness (QED) is 0.677. The fourth-order valence-electron chi connectivity index (χ4n) is 1.54. The summed E-state index contributed by atoms with van der Waals surface area (Å²) in [6, 6.07) is 6.03. The maximum atomic E-state index is 5.85. The van der Waals surface area contributed by atoms with E-state index in [1.54, 1.807) is 0 Å². The van der Waals surface area contributed by atoms with Crippen LogP contribution in [-0.2, 0) is 0 Å². The van der Waals surface area contributed by atoms with Crippen molar-refractivity contribution in [1.29, 1.82) is 0 Å². The number of fused-ring (bicyclic) bond motifs is 1. The van der Waals surface area contributed by atoms with Crippen LogP contribution in [0.3, 0.4) is 0 Å². The van der Waals surface area contributed by atoms with Gasteiger partial charge in [-0.25, -0.2) is 0 Å². The largest absolute Gasteiger partial charge is 0.491 e. The highest BCUT2D eigenvalue weighted by Gasteiger charge is 2.20. The van der Waals surface area contributed by atoms with Gasteiger partial charge in [0.25, 0.3) is 0 Å². The van der Waals surface area contributed by atoms with Crippen molar-refractivity contribution in [2.75, 3.05) is 6.61 Å². The topological polar surface area (TPSA) is 61.3 Å². The summed E-state index contributed by atoms with van der Waals surface area (Å²) >= 11 is 0. The molecule has 0 saturated heterocycles. The molecule has 0 bridgehead atoms. The molecule has 3 heteroatoms. The summed E-state index contributed by atoms with van der Waals surface area (Å²) in [7, 11) is 0. The summed E-state index contributed by atoms with van der Waals surface area (Å²) in [6.07, 6.45) is 0. The summed E-state index contributed by atoms with van der Waals surface area (Å²) in [5, 5.41) is 0. The number of nitrogens with two attached hydrogens (primary N) is 2. The second kappa shape index (κ2) is 3.01. The lowest BCUT2D eigenvalue weighted by atomic mass is 10.0. The van der Waals surface area contributed by atoms with Crippen molar-refractivity contribution in [3.63, 3.8) is 0 Å². The highest BCUT2D eigenvalue weighted by atomic mass is 16.5. The zero-order chi connectivity index (χ0) is 9.42. The Labute approximate surface area is 77.7 Å². The monoisotopic (exact) mass is 178 g/mol. The van der Waals surface area contributed by atoms with Gasteiger partial charge >= 0.3 is 0 Å². The number of hydrogen-bond donors (Lipinski definition) is 2. The van der Waals surface area contributed by atoms with Crippen LogP contribution in [0.1, 0.15) is 30.1 Å². The van der Waals surface area contributed by atoms with Crippen molar-refractivity contribution in [2.24, 2.45) is 11.5 Å². The first kappa shape index (κ1) is 8.53. The lowest BCUT2D eigenvalue weighted by Gasteiger charge is -2.08. The van der Waals surface area contributed by atoms with Gasteiger partial charge in [-0.15, -0.1) is 0 Å². The Bertz CT molecular complexity index is 323. The van der Waals surface area contributed by atoms with E-state index in [2.05, 4.69) is 0 Å². The van der Waals surface area contributed by atoms with Crippen molar-refractivity contribution >= 4 is 0 Å². The molecule has 0 amide bonds. The first-order chi connectivity index (χ1) is 6.18. The van der Waals surface area contributed by atoms with E-state index in [0.717, 1.165) is 16.9 Å². The lowest BCUT2D eigenvalue weighted by Crippen LogP contribution is -2.11. The molecule has 0 radical (unpaired) electrons. The molecule has 3 nitrogen and oxygen atoms in total. The van der Waals surface area contributed by atoms with Crippen LogP contribution in [0.5, 0.6) is 5.75 Å². The van der Waals surface area contributed by atoms with E-state index < -0.39 is 0 Å². The molecule has 70 valence electrons. The predicted octanol–water partition coefficient (Wildman–Crippen LogP) is 1.10. The molecule has 1 heterocycles. The van der Waals surface area contributed by atoms with E-state index in [4.69, 9.17) is 16.2 Å². The maximum Gasteiger partial charge on any atom is 0.124 e. The average Bonchev–Trinajstić information content (AvgIpc) is 2.47. The molecular formula is C10H14N2O. The Kier molecular flexibility index (Phi) is 1.98. The van der Waals surface area contributed by atoms with Crippen LogP contribution in [-0.4, -0.2) is 6.61 Å². The van der Waals surface area contributed by atoms with Gasteiger partial charge in [0.05, 0.1) is 6.04 Å². The fourth-order valence-corrected chi connectivity index (χ4v) is 1.54. The first-order valence-electron chi connectivity index (χ1n) is 4.46. The molecule has 1 aromatic rings. The van der Waals surface area contributed by atoms with Crippen molar-refractivity contribution in [3.05, 3.63) is 29.3 Å². The molecule has 2 rings (SSSR count). The van der Waals surface area contributed by atoms with Gasteiger partial charge in [-0.2, -0.15) is 0 Å². The average molecular weight is 178 g/mol. The predicted molar refractivity (Wildman–Crippen MR) is 51.5 cm³/mol. The van der Waals surface area contributed by atoms with Crippen LogP contribution < -0.4 is 16.2 Å². The summed E-state index contributed by atoms with van der Waals surface area (Å²) in [5.74, 6) is 0.900. The van der Waals surface area contributed by atoms with Gasteiger partial charge in [-0.3, -0.25) is 0 Å². The highest BCUT2D eigenvalue weighted by molar-refractivity contribution is 5.42. The van der Waals surface area contributed by atoms with Crippen LogP contribution in [0.4, 0.5) is 0 Å². The molecule has 0 aromatic heterocycles.